The van der Waals surface area contributed by atoms with E-state index in [0.29, 0.717) is 11.8 Å². The number of halogens is 1. The fraction of sp³-hybridized carbons (Fsp3) is 0.375. The smallest absolute Gasteiger partial charge is 0.342 e. The highest BCUT2D eigenvalue weighted by atomic mass is 35.5. The van der Waals surface area contributed by atoms with Crippen molar-refractivity contribution in [3.8, 4) is 11.5 Å². The van der Waals surface area contributed by atoms with Crippen LogP contribution in [0.25, 0.3) is 0 Å². The van der Waals surface area contributed by atoms with E-state index < -0.39 is 102 Å². The number of carbonyl (C=O) groups is 7. The molecule has 6 N–H and O–H groups in total. The quantitative estimate of drug-likeness (QED) is 0.0440. The molecule has 4 rings (SSSR count). The van der Waals surface area contributed by atoms with Gasteiger partial charge in [0, 0.05) is 37.0 Å². The number of amides is 6. The number of benzene rings is 1. The molecular formula is C24H25ClN8O13S2. The summed E-state index contributed by atoms with van der Waals surface area (Å²) in [5, 5.41) is 16.5. The van der Waals surface area contributed by atoms with Crippen molar-refractivity contribution in [1.82, 2.24) is 25.6 Å². The number of carboxylic acids is 1. The second-order valence-electron chi connectivity index (χ2n) is 10.0. The number of urea groups is 2. The average molecular weight is 733 g/mol. The molecule has 0 saturated carbocycles. The maximum atomic E-state index is 13.4. The van der Waals surface area contributed by atoms with Crippen molar-refractivity contribution in [2.45, 2.75) is 35.4 Å². The number of ether oxygens (including phenoxy) is 2. The third-order valence-electron chi connectivity index (χ3n) is 6.81. The number of carboxylic acid groups (broad SMARTS) is 1. The molecule has 1 aromatic carbocycles. The van der Waals surface area contributed by atoms with Gasteiger partial charge in [0.1, 0.15) is 11.4 Å². The second kappa shape index (κ2) is 13.6. The third kappa shape index (κ3) is 7.12. The number of nitrogens with zero attached hydrogens (tertiary/aromatic N) is 5. The number of nitrogens with one attached hydrogen (secondary N) is 2. The summed E-state index contributed by atoms with van der Waals surface area (Å²) in [5.41, 5.74) is 6.15. The Hall–Kier alpha value is -5.00. The maximum Gasteiger partial charge on any atom is 0.342 e. The number of rotatable bonds is 11. The number of primary amides is 1. The molecule has 24 heteroatoms. The monoisotopic (exact) mass is 732 g/mol. The molecule has 21 nitrogen and oxygen atoms in total. The normalized spacial score (nSPS) is 22.8. The Morgan fingerprint density at radius 1 is 1.12 bits per heavy atom. The highest BCUT2D eigenvalue weighted by Crippen LogP contribution is 2.50. The SMILES string of the molecule is CC(=O)Oc1cc(Cl)c(C(C(=O)N[C@@H]2C(=O)N3C[C@@](C(=O)O)(N4CCN(N=CC=NNC(N)=O)C4=O)S[C@H]23)S(=O)(=O)O)cc1OC(C)=O. The van der Waals surface area contributed by atoms with Crippen molar-refractivity contribution in [3.63, 3.8) is 0 Å². The highest BCUT2D eigenvalue weighted by Gasteiger charge is 2.66. The van der Waals surface area contributed by atoms with E-state index in [4.69, 9.17) is 26.8 Å². The average Bonchev–Trinajstić information content (AvgIpc) is 3.51. The van der Waals surface area contributed by atoms with E-state index in [9.17, 15) is 51.6 Å². The molecule has 3 aliphatic rings. The number of β-lactam (4-membered cyclic amide) rings is 1. The molecule has 0 radical (unpaired) electrons. The number of thioether (sulfide) groups is 1. The molecule has 3 fully saturated rings. The summed E-state index contributed by atoms with van der Waals surface area (Å²) in [7, 11) is -5.35. The van der Waals surface area contributed by atoms with Crippen LogP contribution in [0, 0.1) is 0 Å². The second-order valence-corrected chi connectivity index (χ2v) is 13.3. The molecule has 0 bridgehead atoms. The Kier molecular flexibility index (Phi) is 10.2. The zero-order chi connectivity index (χ0) is 35.7. The van der Waals surface area contributed by atoms with Crippen LogP contribution in [0.1, 0.15) is 24.7 Å². The van der Waals surface area contributed by atoms with Gasteiger partial charge in [0.25, 0.3) is 10.1 Å². The summed E-state index contributed by atoms with van der Waals surface area (Å²) < 4.78 is 44.8. The predicted molar refractivity (Wildman–Crippen MR) is 162 cm³/mol. The van der Waals surface area contributed by atoms with E-state index in [1.807, 2.05) is 5.43 Å². The van der Waals surface area contributed by atoms with Crippen LogP contribution in [0.3, 0.4) is 0 Å². The van der Waals surface area contributed by atoms with Crippen LogP contribution in [0.2, 0.25) is 5.02 Å². The zero-order valence-electron chi connectivity index (χ0n) is 24.6. The van der Waals surface area contributed by atoms with E-state index in [1.165, 1.54) is 0 Å². The summed E-state index contributed by atoms with van der Waals surface area (Å²) in [5.74, 6) is -6.52. The minimum absolute atomic E-state index is 0.0663. The number of aliphatic carboxylic acids is 1. The van der Waals surface area contributed by atoms with Crippen molar-refractivity contribution in [2.24, 2.45) is 15.9 Å². The van der Waals surface area contributed by atoms with Crippen molar-refractivity contribution in [2.75, 3.05) is 19.6 Å². The number of hydrogen-bond donors (Lipinski definition) is 5. The van der Waals surface area contributed by atoms with Gasteiger partial charge in [-0.05, 0) is 6.07 Å². The van der Waals surface area contributed by atoms with E-state index in [-0.39, 0.29) is 13.1 Å². The van der Waals surface area contributed by atoms with Crippen LogP contribution in [0.15, 0.2) is 22.3 Å². The summed E-state index contributed by atoms with van der Waals surface area (Å²) in [6, 6.07) is -1.66. The Balaban J connectivity index is 1.56. The summed E-state index contributed by atoms with van der Waals surface area (Å²) in [6.07, 6.45) is 2.04. The molecule has 0 aliphatic carbocycles. The largest absolute Gasteiger partial charge is 0.479 e. The van der Waals surface area contributed by atoms with Gasteiger partial charge in [-0.25, -0.2) is 24.8 Å². The van der Waals surface area contributed by atoms with Crippen molar-refractivity contribution < 1.29 is 61.1 Å². The lowest BCUT2D eigenvalue weighted by atomic mass is 10.0. The molecule has 3 aliphatic heterocycles. The maximum absolute atomic E-state index is 13.4. The standard InChI is InChI=1S/C24H25ClN8O13S2/c1-10(34)45-14-7-12(13(25)8-15(14)46-11(2)35)17(48(42,43)44)18(36)29-16-19(37)31-9-24(21(38)39,47-20(16)31)32-5-6-33(23(32)41)28-4-3-27-30-22(26)40/h3-4,7-8,16-17,20H,5-6,9H2,1-2H3,(H,29,36)(H,38,39)(H3,26,30,40)(H,42,43,44)/t16-,17?,20-,24-/m1/s1. The number of nitrogens with two attached hydrogens (primary N) is 1. The van der Waals surface area contributed by atoms with Gasteiger partial charge in [0.2, 0.25) is 16.7 Å². The van der Waals surface area contributed by atoms with E-state index in [0.717, 1.165) is 53.2 Å². The van der Waals surface area contributed by atoms with Crippen LogP contribution in [0.5, 0.6) is 11.5 Å². The first-order valence-electron chi connectivity index (χ1n) is 13.3. The van der Waals surface area contributed by atoms with Gasteiger partial charge in [-0.3, -0.25) is 28.6 Å². The van der Waals surface area contributed by atoms with Gasteiger partial charge in [-0.1, -0.05) is 23.4 Å². The van der Waals surface area contributed by atoms with Crippen LogP contribution in [-0.2, 0) is 34.1 Å². The Bertz CT molecular complexity index is 1770. The number of esters is 2. The molecule has 3 heterocycles. The lowest BCUT2D eigenvalue weighted by Gasteiger charge is -2.41. The summed E-state index contributed by atoms with van der Waals surface area (Å²) in [4.78, 5) is 85.9. The summed E-state index contributed by atoms with van der Waals surface area (Å²) in [6.45, 7) is 1.28. The zero-order valence-corrected chi connectivity index (χ0v) is 26.9. The van der Waals surface area contributed by atoms with E-state index in [1.54, 1.807) is 0 Å². The highest BCUT2D eigenvalue weighted by molar-refractivity contribution is 8.02. The van der Waals surface area contributed by atoms with Crippen molar-refractivity contribution in [3.05, 3.63) is 22.7 Å². The van der Waals surface area contributed by atoms with Gasteiger partial charge in [-0.15, -0.1) is 0 Å². The number of carbonyl (C=O) groups excluding carboxylic acids is 6. The predicted octanol–water partition coefficient (Wildman–Crippen LogP) is -1.32. The molecule has 1 aromatic rings. The first kappa shape index (κ1) is 35.8. The Morgan fingerprint density at radius 2 is 1.75 bits per heavy atom. The fourth-order valence-corrected chi connectivity index (χ4v) is 7.72. The Labute approximate surface area is 279 Å². The molecule has 4 atom stereocenters. The van der Waals surface area contributed by atoms with Gasteiger partial charge in [0.05, 0.1) is 25.5 Å². The topological polar surface area (TPSA) is 297 Å². The van der Waals surface area contributed by atoms with Crippen LogP contribution < -0.4 is 25.9 Å². The number of hydrogen-bond acceptors (Lipinski definition) is 14. The summed E-state index contributed by atoms with van der Waals surface area (Å²) >= 11 is 6.82. The van der Waals surface area contributed by atoms with Crippen LogP contribution in [-0.4, -0.2) is 123 Å². The fourth-order valence-electron chi connectivity index (χ4n) is 4.91. The van der Waals surface area contributed by atoms with Gasteiger partial charge >= 0.3 is 30.0 Å². The number of fused-ring (bicyclic) bond motifs is 1. The molecule has 1 unspecified atom stereocenters. The number of hydrazone groups is 2. The molecule has 0 spiro atoms. The van der Waals surface area contributed by atoms with Crippen molar-refractivity contribution in [1.29, 1.82) is 0 Å². The van der Waals surface area contributed by atoms with E-state index in [2.05, 4.69) is 15.5 Å². The first-order chi connectivity index (χ1) is 22.4. The minimum Gasteiger partial charge on any atom is -0.479 e. The third-order valence-corrected chi connectivity index (χ3v) is 9.88. The first-order valence-corrected chi connectivity index (χ1v) is 16.0. The molecule has 258 valence electrons. The van der Waals surface area contributed by atoms with Gasteiger partial charge < -0.3 is 30.5 Å². The molecule has 0 aromatic heterocycles. The molecular weight excluding hydrogens is 708 g/mol. The van der Waals surface area contributed by atoms with E-state index >= 15 is 0 Å². The van der Waals surface area contributed by atoms with Crippen LogP contribution in [0.4, 0.5) is 9.59 Å². The minimum atomic E-state index is -5.35. The molecule has 48 heavy (non-hydrogen) atoms. The van der Waals surface area contributed by atoms with Crippen molar-refractivity contribution >= 4 is 87.7 Å². The lowest BCUT2D eigenvalue weighted by Crippen LogP contribution is -2.68. The van der Waals surface area contributed by atoms with Crippen LogP contribution >= 0.6 is 23.4 Å². The Morgan fingerprint density at radius 3 is 2.31 bits per heavy atom. The van der Waals surface area contributed by atoms with Gasteiger partial charge in [0.15, 0.2) is 16.7 Å². The van der Waals surface area contributed by atoms with Gasteiger partial charge in [-0.2, -0.15) is 18.6 Å². The lowest BCUT2D eigenvalue weighted by molar-refractivity contribution is -0.151. The molecule has 3 saturated heterocycles. The molecule has 6 amide bonds.